The Kier molecular flexibility index (Phi) is 8.39. The number of carbonyl (C=O) groups excluding carboxylic acids is 3. The zero-order valence-corrected chi connectivity index (χ0v) is 21.0. The summed E-state index contributed by atoms with van der Waals surface area (Å²) in [6, 6.07) is 11.1. The lowest BCUT2D eigenvalue weighted by Crippen LogP contribution is -2.36. The van der Waals surface area contributed by atoms with Crippen LogP contribution in [0.5, 0.6) is 11.5 Å². The van der Waals surface area contributed by atoms with Gasteiger partial charge in [0.2, 0.25) is 5.91 Å². The molecule has 1 N–H and O–H groups in total. The van der Waals surface area contributed by atoms with Crippen LogP contribution >= 0.6 is 11.8 Å². The number of thioether (sulfide) groups is 1. The second-order valence-corrected chi connectivity index (χ2v) is 9.10. The molecule has 180 valence electrons. The maximum Gasteiger partial charge on any atom is 0.294 e. The van der Waals surface area contributed by atoms with Crippen LogP contribution in [-0.2, 0) is 9.59 Å². The van der Waals surface area contributed by atoms with Gasteiger partial charge in [0.15, 0.2) is 11.5 Å². The number of nitrogens with one attached hydrogen (secondary N) is 1. The number of aryl methyl sites for hydroxylation is 2. The molecule has 0 bridgehead atoms. The zero-order chi connectivity index (χ0) is 24.8. The minimum absolute atomic E-state index is 0.0382. The third kappa shape index (κ3) is 6.20. The predicted molar refractivity (Wildman–Crippen MR) is 135 cm³/mol. The molecule has 1 atom stereocenters. The fourth-order valence-corrected chi connectivity index (χ4v) is 4.11. The maximum absolute atomic E-state index is 12.9. The molecular weight excluding hydrogens is 452 g/mol. The van der Waals surface area contributed by atoms with Gasteiger partial charge in [0.1, 0.15) is 6.54 Å². The number of hydrogen-bond acceptors (Lipinski definition) is 6. The van der Waals surface area contributed by atoms with Crippen LogP contribution in [0.2, 0.25) is 0 Å². The lowest BCUT2D eigenvalue weighted by atomic mass is 10.1. The molecule has 3 rings (SSSR count). The van der Waals surface area contributed by atoms with Gasteiger partial charge >= 0.3 is 0 Å². The first-order valence-electron chi connectivity index (χ1n) is 11.3. The van der Waals surface area contributed by atoms with E-state index < -0.39 is 17.1 Å². The molecular formula is C26H30N2O5S. The van der Waals surface area contributed by atoms with E-state index in [1.165, 1.54) is 0 Å². The summed E-state index contributed by atoms with van der Waals surface area (Å²) in [5, 5.41) is 2.31. The van der Waals surface area contributed by atoms with Crippen molar-refractivity contribution in [3.8, 4) is 11.5 Å². The standard InChI is InChI=1S/C26H30N2O5S/c1-6-18(5)33-21-11-10-19(13-22(21)32-7-2)14-23-25(30)28(26(31)34-23)15-24(29)27-20-12-16(3)8-9-17(20)4/h8-14,18H,6-7,15H2,1-5H3,(H,27,29)/b23-14+/t18-/m0/s1. The molecule has 7 nitrogen and oxygen atoms in total. The van der Waals surface area contributed by atoms with E-state index in [0.29, 0.717) is 29.4 Å². The van der Waals surface area contributed by atoms with Gasteiger partial charge in [-0.1, -0.05) is 25.1 Å². The largest absolute Gasteiger partial charge is 0.490 e. The lowest BCUT2D eigenvalue weighted by molar-refractivity contribution is -0.127. The summed E-state index contributed by atoms with van der Waals surface area (Å²) < 4.78 is 11.6. The number of amides is 3. The van der Waals surface area contributed by atoms with E-state index in [-0.39, 0.29) is 17.6 Å². The Labute approximate surface area is 204 Å². The number of imide groups is 1. The SMILES string of the molecule is CCOc1cc(/C=C2/SC(=O)N(CC(=O)Nc3cc(C)ccc3C)C2=O)ccc1O[C@@H](C)CC. The summed E-state index contributed by atoms with van der Waals surface area (Å²) in [5.41, 5.74) is 3.27. The Balaban J connectivity index is 1.74. The van der Waals surface area contributed by atoms with Crippen molar-refractivity contribution in [3.05, 3.63) is 58.0 Å². The fraction of sp³-hybridized carbons (Fsp3) is 0.346. The van der Waals surface area contributed by atoms with Crippen molar-refractivity contribution in [2.75, 3.05) is 18.5 Å². The van der Waals surface area contributed by atoms with E-state index in [0.717, 1.165) is 34.2 Å². The second kappa shape index (κ2) is 11.2. The van der Waals surface area contributed by atoms with E-state index in [9.17, 15) is 14.4 Å². The minimum Gasteiger partial charge on any atom is -0.490 e. The van der Waals surface area contributed by atoms with E-state index in [1.54, 1.807) is 24.3 Å². The monoisotopic (exact) mass is 482 g/mol. The molecule has 1 aliphatic heterocycles. The Bertz CT molecular complexity index is 1130. The highest BCUT2D eigenvalue weighted by atomic mass is 32.2. The maximum atomic E-state index is 12.9. The summed E-state index contributed by atoms with van der Waals surface area (Å²) in [5.74, 6) is 0.277. The van der Waals surface area contributed by atoms with E-state index in [4.69, 9.17) is 9.47 Å². The molecule has 2 aromatic rings. The Morgan fingerprint density at radius 1 is 1.12 bits per heavy atom. The average molecular weight is 483 g/mol. The number of carbonyl (C=O) groups is 3. The number of anilines is 1. The van der Waals surface area contributed by atoms with Crippen molar-refractivity contribution in [2.24, 2.45) is 0 Å². The molecule has 1 heterocycles. The highest BCUT2D eigenvalue weighted by Gasteiger charge is 2.36. The van der Waals surface area contributed by atoms with Crippen LogP contribution in [0.15, 0.2) is 41.3 Å². The number of ether oxygens (including phenoxy) is 2. The molecule has 1 saturated heterocycles. The van der Waals surface area contributed by atoms with E-state index in [2.05, 4.69) is 5.32 Å². The van der Waals surface area contributed by atoms with Crippen molar-refractivity contribution in [3.63, 3.8) is 0 Å². The number of nitrogens with zero attached hydrogens (tertiary/aromatic N) is 1. The molecule has 3 amide bonds. The molecule has 0 aliphatic carbocycles. The zero-order valence-electron chi connectivity index (χ0n) is 20.1. The average Bonchev–Trinajstić information content (AvgIpc) is 3.05. The first kappa shape index (κ1) is 25.4. The van der Waals surface area contributed by atoms with Crippen LogP contribution < -0.4 is 14.8 Å². The highest BCUT2D eigenvalue weighted by molar-refractivity contribution is 8.18. The molecule has 1 aliphatic rings. The first-order valence-corrected chi connectivity index (χ1v) is 12.1. The Morgan fingerprint density at radius 2 is 1.88 bits per heavy atom. The van der Waals surface area contributed by atoms with Gasteiger partial charge in [0.05, 0.1) is 17.6 Å². The van der Waals surface area contributed by atoms with Gasteiger partial charge in [-0.3, -0.25) is 19.3 Å². The molecule has 0 spiro atoms. The highest BCUT2D eigenvalue weighted by Crippen LogP contribution is 2.35. The van der Waals surface area contributed by atoms with E-state index in [1.807, 2.05) is 52.8 Å². The summed E-state index contributed by atoms with van der Waals surface area (Å²) in [6.45, 7) is 9.83. The molecule has 0 radical (unpaired) electrons. The van der Waals surface area contributed by atoms with Crippen molar-refractivity contribution in [2.45, 2.75) is 47.1 Å². The van der Waals surface area contributed by atoms with Crippen LogP contribution in [0.1, 0.15) is 43.9 Å². The molecule has 34 heavy (non-hydrogen) atoms. The fourth-order valence-electron chi connectivity index (χ4n) is 3.27. The van der Waals surface area contributed by atoms with E-state index >= 15 is 0 Å². The molecule has 0 aromatic heterocycles. The molecule has 0 unspecified atom stereocenters. The Hall–Kier alpha value is -3.26. The quantitative estimate of drug-likeness (QED) is 0.472. The first-order chi connectivity index (χ1) is 16.2. The van der Waals surface area contributed by atoms with Crippen molar-refractivity contribution in [1.29, 1.82) is 0 Å². The molecule has 1 fully saturated rings. The van der Waals surface area contributed by atoms with Crippen LogP contribution in [0.3, 0.4) is 0 Å². The van der Waals surface area contributed by atoms with Gasteiger partial charge in [0, 0.05) is 5.69 Å². The van der Waals surface area contributed by atoms with Gasteiger partial charge in [-0.25, -0.2) is 0 Å². The van der Waals surface area contributed by atoms with Gasteiger partial charge in [0.25, 0.3) is 11.1 Å². The number of benzene rings is 2. The van der Waals surface area contributed by atoms with Gasteiger partial charge in [-0.2, -0.15) is 0 Å². The van der Waals surface area contributed by atoms with Gasteiger partial charge in [-0.15, -0.1) is 0 Å². The number of rotatable bonds is 9. The predicted octanol–water partition coefficient (Wildman–Crippen LogP) is 5.55. The summed E-state index contributed by atoms with van der Waals surface area (Å²) >= 11 is 0.815. The molecule has 0 saturated carbocycles. The van der Waals surface area contributed by atoms with Crippen molar-refractivity contribution < 1.29 is 23.9 Å². The normalized spacial score (nSPS) is 15.6. The lowest BCUT2D eigenvalue weighted by Gasteiger charge is -2.16. The van der Waals surface area contributed by atoms with Gasteiger partial charge < -0.3 is 14.8 Å². The Morgan fingerprint density at radius 3 is 2.59 bits per heavy atom. The summed E-state index contributed by atoms with van der Waals surface area (Å²) in [6.07, 6.45) is 2.52. The van der Waals surface area contributed by atoms with Crippen molar-refractivity contribution in [1.82, 2.24) is 4.90 Å². The van der Waals surface area contributed by atoms with Crippen LogP contribution in [0.25, 0.3) is 6.08 Å². The van der Waals surface area contributed by atoms with Gasteiger partial charge in [-0.05, 0) is 86.8 Å². The van der Waals surface area contributed by atoms with Crippen LogP contribution in [0, 0.1) is 13.8 Å². The molecule has 8 heteroatoms. The van der Waals surface area contributed by atoms with Crippen molar-refractivity contribution >= 4 is 40.6 Å². The van der Waals surface area contributed by atoms with Crippen LogP contribution in [-0.4, -0.2) is 41.2 Å². The molecule has 2 aromatic carbocycles. The minimum atomic E-state index is -0.496. The topological polar surface area (TPSA) is 84.9 Å². The summed E-state index contributed by atoms with van der Waals surface area (Å²) in [4.78, 5) is 39.1. The summed E-state index contributed by atoms with van der Waals surface area (Å²) in [7, 11) is 0. The smallest absolute Gasteiger partial charge is 0.294 e. The third-order valence-electron chi connectivity index (χ3n) is 5.31. The second-order valence-electron chi connectivity index (χ2n) is 8.11. The van der Waals surface area contributed by atoms with Crippen LogP contribution in [0.4, 0.5) is 10.5 Å². The number of hydrogen-bond donors (Lipinski definition) is 1. The third-order valence-corrected chi connectivity index (χ3v) is 6.22.